The Morgan fingerprint density at radius 2 is 0.647 bits per heavy atom. The maximum absolute atomic E-state index is 2.50. The van der Waals surface area contributed by atoms with Crippen LogP contribution in [-0.2, 0) is 10.8 Å². The molecule has 0 amide bonds. The van der Waals surface area contributed by atoms with Gasteiger partial charge in [-0.3, -0.25) is 0 Å². The smallest absolute Gasteiger partial charge is 0.0540 e. The van der Waals surface area contributed by atoms with Gasteiger partial charge in [0.2, 0.25) is 0 Å². The van der Waals surface area contributed by atoms with E-state index in [0.717, 1.165) is 34.1 Å². The first kappa shape index (κ1) is 40.1. The zero-order valence-corrected chi connectivity index (χ0v) is 38.8. The molecule has 11 aromatic carbocycles. The minimum absolute atomic E-state index is 0.115. The van der Waals surface area contributed by atoms with Gasteiger partial charge in [-0.05, 0) is 126 Å². The van der Waals surface area contributed by atoms with Gasteiger partial charge >= 0.3 is 0 Å². The van der Waals surface area contributed by atoms with Crippen LogP contribution < -0.4 is 9.80 Å². The Balaban J connectivity index is 0.949. The molecular formula is C66H50N2. The summed E-state index contributed by atoms with van der Waals surface area (Å²) in [6.45, 7) is 9.46. The third-order valence-corrected chi connectivity index (χ3v) is 15.2. The molecular weight excluding hydrogens is 821 g/mol. The van der Waals surface area contributed by atoms with Crippen LogP contribution in [0.4, 0.5) is 34.1 Å². The highest BCUT2D eigenvalue weighted by Crippen LogP contribution is 2.53. The fourth-order valence-electron chi connectivity index (χ4n) is 11.8. The lowest BCUT2D eigenvalue weighted by atomic mass is 9.82. The number of rotatable bonds is 7. The summed E-state index contributed by atoms with van der Waals surface area (Å²) >= 11 is 0. The summed E-state index contributed by atoms with van der Waals surface area (Å²) in [6, 6.07) is 85.7. The highest BCUT2D eigenvalue weighted by atomic mass is 15.2. The van der Waals surface area contributed by atoms with E-state index in [1.54, 1.807) is 0 Å². The molecule has 0 saturated carbocycles. The number of nitrogens with zero attached hydrogens (tertiary/aromatic N) is 2. The molecule has 0 heterocycles. The first-order valence-electron chi connectivity index (χ1n) is 23.9. The standard InChI is InChI=1S/C66H50N2/c1-65(2)58-28-11-9-23-53(58)55-39-37-47(41-60(55)65)67(62-30-13-19-43-17-5-7-21-50(43)62)46-35-33-45(34-36-46)49-25-15-27-57-52(49)26-16-32-64(57)68(63-31-14-20-44-18-6-8-22-51(44)63)48-38-40-56-54-24-10-12-29-59(54)66(3,4)61(56)42-48/h5-42H,1-4H3. The van der Waals surface area contributed by atoms with Gasteiger partial charge in [0, 0.05) is 44.1 Å². The largest absolute Gasteiger partial charge is 0.310 e. The van der Waals surface area contributed by atoms with Gasteiger partial charge in [-0.15, -0.1) is 0 Å². The first-order valence-corrected chi connectivity index (χ1v) is 23.9. The molecule has 0 atom stereocenters. The van der Waals surface area contributed by atoms with Gasteiger partial charge in [-0.25, -0.2) is 0 Å². The minimum atomic E-state index is -0.128. The Morgan fingerprint density at radius 3 is 1.24 bits per heavy atom. The summed E-state index contributed by atoms with van der Waals surface area (Å²) < 4.78 is 0. The molecule has 0 N–H and O–H groups in total. The zero-order chi connectivity index (χ0) is 45.7. The number of benzene rings is 11. The van der Waals surface area contributed by atoms with Crippen molar-refractivity contribution in [2.45, 2.75) is 38.5 Å². The zero-order valence-electron chi connectivity index (χ0n) is 38.8. The van der Waals surface area contributed by atoms with Crippen molar-refractivity contribution in [2.75, 3.05) is 9.80 Å². The molecule has 11 aromatic rings. The van der Waals surface area contributed by atoms with E-state index in [1.165, 1.54) is 88.0 Å². The molecule has 2 nitrogen and oxygen atoms in total. The Kier molecular flexibility index (Phi) is 8.95. The normalized spacial score (nSPS) is 13.8. The molecule has 2 heteroatoms. The highest BCUT2D eigenvalue weighted by molar-refractivity contribution is 6.09. The van der Waals surface area contributed by atoms with Crippen molar-refractivity contribution in [1.29, 1.82) is 0 Å². The van der Waals surface area contributed by atoms with E-state index in [9.17, 15) is 0 Å². The summed E-state index contributed by atoms with van der Waals surface area (Å²) in [7, 11) is 0. The molecule has 0 aromatic heterocycles. The molecule has 0 saturated heterocycles. The molecule has 68 heavy (non-hydrogen) atoms. The number of hydrogen-bond donors (Lipinski definition) is 0. The lowest BCUT2D eigenvalue weighted by molar-refractivity contribution is 0.660. The van der Waals surface area contributed by atoms with Crippen LogP contribution >= 0.6 is 0 Å². The number of hydrogen-bond acceptors (Lipinski definition) is 2. The maximum Gasteiger partial charge on any atom is 0.0540 e. The second-order valence-corrected chi connectivity index (χ2v) is 19.7. The molecule has 0 aliphatic heterocycles. The van der Waals surface area contributed by atoms with Crippen LogP contribution in [0.2, 0.25) is 0 Å². The maximum atomic E-state index is 2.50. The van der Waals surface area contributed by atoms with Crippen molar-refractivity contribution < 1.29 is 0 Å². The molecule has 0 spiro atoms. The van der Waals surface area contributed by atoms with Gasteiger partial charge in [0.1, 0.15) is 0 Å². The van der Waals surface area contributed by atoms with E-state index < -0.39 is 0 Å². The average molecular weight is 871 g/mol. The Hall–Kier alpha value is -8.20. The van der Waals surface area contributed by atoms with Gasteiger partial charge in [0.25, 0.3) is 0 Å². The molecule has 13 rings (SSSR count). The topological polar surface area (TPSA) is 6.48 Å². The second-order valence-electron chi connectivity index (χ2n) is 19.7. The highest BCUT2D eigenvalue weighted by Gasteiger charge is 2.37. The Morgan fingerprint density at radius 1 is 0.265 bits per heavy atom. The van der Waals surface area contributed by atoms with Crippen molar-refractivity contribution in [3.05, 3.63) is 253 Å². The van der Waals surface area contributed by atoms with E-state index in [2.05, 4.69) is 268 Å². The summed E-state index contributed by atoms with van der Waals surface area (Å²) in [5.74, 6) is 0. The van der Waals surface area contributed by atoms with Crippen LogP contribution in [0.3, 0.4) is 0 Å². The number of fused-ring (bicyclic) bond motifs is 9. The van der Waals surface area contributed by atoms with Crippen LogP contribution in [0.15, 0.2) is 231 Å². The van der Waals surface area contributed by atoms with Crippen LogP contribution in [0.5, 0.6) is 0 Å². The quantitative estimate of drug-likeness (QED) is 0.157. The van der Waals surface area contributed by atoms with Gasteiger partial charge in [0.05, 0.1) is 17.1 Å². The number of anilines is 6. The lowest BCUT2D eigenvalue weighted by Gasteiger charge is -2.30. The third-order valence-electron chi connectivity index (χ3n) is 15.2. The summed E-state index contributed by atoms with van der Waals surface area (Å²) in [5, 5.41) is 7.28. The fourth-order valence-corrected chi connectivity index (χ4v) is 11.8. The van der Waals surface area contributed by atoms with Crippen molar-refractivity contribution in [3.63, 3.8) is 0 Å². The van der Waals surface area contributed by atoms with E-state index >= 15 is 0 Å². The summed E-state index contributed by atoms with van der Waals surface area (Å²) in [4.78, 5) is 4.94. The first-order chi connectivity index (χ1) is 33.3. The van der Waals surface area contributed by atoms with Crippen molar-refractivity contribution in [3.8, 4) is 33.4 Å². The van der Waals surface area contributed by atoms with E-state index in [0.29, 0.717) is 0 Å². The predicted octanol–water partition coefficient (Wildman–Crippen LogP) is 18.4. The van der Waals surface area contributed by atoms with Crippen molar-refractivity contribution in [2.24, 2.45) is 0 Å². The Bertz CT molecular complexity index is 3810. The van der Waals surface area contributed by atoms with Crippen LogP contribution in [0.25, 0.3) is 65.7 Å². The van der Waals surface area contributed by atoms with Gasteiger partial charge in [0.15, 0.2) is 0 Å². The lowest BCUT2D eigenvalue weighted by Crippen LogP contribution is -2.16. The monoisotopic (exact) mass is 870 g/mol. The third kappa shape index (κ3) is 6.03. The molecule has 0 radical (unpaired) electrons. The minimum Gasteiger partial charge on any atom is -0.310 e. The van der Waals surface area contributed by atoms with Gasteiger partial charge < -0.3 is 9.80 Å². The SMILES string of the molecule is CC1(C)c2ccccc2-c2ccc(N(c3ccc(-c4cccc5c(N(c6ccc7c(c6)C(C)(C)c6ccccc6-7)c6cccc7ccccc67)cccc45)cc3)c3cccc4ccccc34)cc21. The molecule has 0 fully saturated rings. The predicted molar refractivity (Wildman–Crippen MR) is 289 cm³/mol. The fraction of sp³-hybridized carbons (Fsp3) is 0.0909. The Labute approximate surface area is 399 Å². The van der Waals surface area contributed by atoms with Gasteiger partial charge in [-0.1, -0.05) is 204 Å². The van der Waals surface area contributed by atoms with Crippen molar-refractivity contribution >= 4 is 66.4 Å². The molecule has 0 bridgehead atoms. The molecule has 2 aliphatic rings. The summed E-state index contributed by atoms with van der Waals surface area (Å²) in [6.07, 6.45) is 0. The van der Waals surface area contributed by atoms with E-state index in [-0.39, 0.29) is 10.8 Å². The van der Waals surface area contributed by atoms with Crippen LogP contribution in [0.1, 0.15) is 49.9 Å². The average Bonchev–Trinajstić information content (AvgIpc) is 3.75. The molecule has 324 valence electrons. The van der Waals surface area contributed by atoms with Crippen LogP contribution in [0, 0.1) is 0 Å². The molecule has 0 unspecified atom stereocenters. The van der Waals surface area contributed by atoms with Crippen molar-refractivity contribution in [1.82, 2.24) is 0 Å². The van der Waals surface area contributed by atoms with E-state index in [4.69, 9.17) is 0 Å². The van der Waals surface area contributed by atoms with E-state index in [1.807, 2.05) is 0 Å². The summed E-state index contributed by atoms with van der Waals surface area (Å²) in [5.41, 5.74) is 19.8. The van der Waals surface area contributed by atoms with Gasteiger partial charge in [-0.2, -0.15) is 0 Å². The molecule has 2 aliphatic carbocycles. The van der Waals surface area contributed by atoms with Crippen LogP contribution in [-0.4, -0.2) is 0 Å². The second kappa shape index (κ2) is 15.2.